The van der Waals surface area contributed by atoms with E-state index in [0.29, 0.717) is 12.8 Å². The van der Waals surface area contributed by atoms with Gasteiger partial charge in [-0.15, -0.1) is 0 Å². The Morgan fingerprint density at radius 1 is 1.20 bits per heavy atom. The van der Waals surface area contributed by atoms with Crippen LogP contribution in [0.5, 0.6) is 0 Å². The molecule has 0 saturated carbocycles. The third kappa shape index (κ3) is 5.59. The molecule has 0 bridgehead atoms. The summed E-state index contributed by atoms with van der Waals surface area (Å²) in [5.41, 5.74) is 1.23. The minimum atomic E-state index is -3.76. The highest BCUT2D eigenvalue weighted by Gasteiger charge is 2.32. The molecule has 1 amide bonds. The molecule has 1 unspecified atom stereocenters. The quantitative estimate of drug-likeness (QED) is 0.690. The first-order valence-corrected chi connectivity index (χ1v) is 11.9. The van der Waals surface area contributed by atoms with Crippen LogP contribution in [0.2, 0.25) is 5.02 Å². The molecule has 0 aromatic heterocycles. The molecule has 1 heterocycles. The smallest absolute Gasteiger partial charge is 0.243 e. The maximum absolute atomic E-state index is 13.3. The first-order chi connectivity index (χ1) is 14.3. The van der Waals surface area contributed by atoms with Crippen LogP contribution in [-0.2, 0) is 21.2 Å². The largest absolute Gasteiger partial charge is 0.353 e. The fraction of sp³-hybridized carbons (Fsp3) is 0.409. The van der Waals surface area contributed by atoms with Crippen LogP contribution in [0.25, 0.3) is 0 Å². The minimum Gasteiger partial charge on any atom is -0.353 e. The van der Waals surface area contributed by atoms with Gasteiger partial charge in [-0.2, -0.15) is 4.31 Å². The van der Waals surface area contributed by atoms with E-state index < -0.39 is 15.8 Å². The number of hydrogen-bond donors (Lipinski definition) is 1. The number of halogens is 2. The number of nitrogens with one attached hydrogen (secondary N) is 1. The van der Waals surface area contributed by atoms with Crippen LogP contribution in [0.4, 0.5) is 4.39 Å². The van der Waals surface area contributed by atoms with Crippen LogP contribution < -0.4 is 5.32 Å². The Balaban J connectivity index is 1.50. The molecule has 0 radical (unpaired) electrons. The zero-order valence-electron chi connectivity index (χ0n) is 16.9. The fourth-order valence-corrected chi connectivity index (χ4v) is 5.35. The molecule has 1 atom stereocenters. The van der Waals surface area contributed by atoms with Crippen molar-refractivity contribution in [2.75, 3.05) is 13.1 Å². The van der Waals surface area contributed by atoms with Gasteiger partial charge in [0.2, 0.25) is 15.9 Å². The Labute approximate surface area is 182 Å². The van der Waals surface area contributed by atoms with Gasteiger partial charge in [-0.25, -0.2) is 12.8 Å². The van der Waals surface area contributed by atoms with Gasteiger partial charge in [0.05, 0.1) is 9.92 Å². The third-order valence-corrected chi connectivity index (χ3v) is 7.64. The van der Waals surface area contributed by atoms with E-state index in [2.05, 4.69) is 17.4 Å². The summed E-state index contributed by atoms with van der Waals surface area (Å²) in [6.07, 6.45) is 2.63. The van der Waals surface area contributed by atoms with Crippen LogP contribution >= 0.6 is 11.6 Å². The van der Waals surface area contributed by atoms with E-state index >= 15 is 0 Å². The number of carbonyl (C=O) groups is 1. The number of rotatable bonds is 7. The Morgan fingerprint density at radius 2 is 1.87 bits per heavy atom. The molecular formula is C22H26ClFN2O3S. The van der Waals surface area contributed by atoms with Gasteiger partial charge in [-0.05, 0) is 56.4 Å². The summed E-state index contributed by atoms with van der Waals surface area (Å²) < 4.78 is 40.2. The number of aryl methyl sites for hydroxylation is 1. The summed E-state index contributed by atoms with van der Waals surface area (Å²) in [7, 11) is -3.76. The second-order valence-corrected chi connectivity index (χ2v) is 10.0. The molecule has 1 aliphatic rings. The molecule has 3 rings (SSSR count). The van der Waals surface area contributed by atoms with Gasteiger partial charge in [0.1, 0.15) is 5.82 Å². The zero-order chi connectivity index (χ0) is 21.7. The molecule has 1 aliphatic heterocycles. The molecule has 8 heteroatoms. The standard InChI is InChI=1S/C22H26ClFN2O3S/c1-16(7-8-17-5-3-2-4-6-17)25-22(27)18-11-13-26(14-12-18)30(28,29)19-9-10-21(24)20(23)15-19/h2-6,9-10,15-16,18H,7-8,11-14H2,1H3,(H,25,27). The topological polar surface area (TPSA) is 66.5 Å². The predicted octanol–water partition coefficient (Wildman–Crippen LogP) is 4.02. The van der Waals surface area contributed by atoms with Gasteiger partial charge in [0, 0.05) is 25.0 Å². The molecule has 0 spiro atoms. The summed E-state index contributed by atoms with van der Waals surface area (Å²) in [5.74, 6) is -0.905. The molecular weight excluding hydrogens is 427 g/mol. The average molecular weight is 453 g/mol. The number of benzene rings is 2. The molecule has 2 aromatic carbocycles. The first-order valence-electron chi connectivity index (χ1n) is 10.1. The Hall–Kier alpha value is -1.96. The summed E-state index contributed by atoms with van der Waals surface area (Å²) >= 11 is 5.73. The summed E-state index contributed by atoms with van der Waals surface area (Å²) in [4.78, 5) is 12.6. The van der Waals surface area contributed by atoms with Gasteiger partial charge < -0.3 is 5.32 Å². The normalized spacial score (nSPS) is 16.9. The molecule has 2 aromatic rings. The molecule has 30 heavy (non-hydrogen) atoms. The number of sulfonamides is 1. The maximum Gasteiger partial charge on any atom is 0.243 e. The lowest BCUT2D eigenvalue weighted by Gasteiger charge is -2.31. The van der Waals surface area contributed by atoms with Crippen molar-refractivity contribution in [2.24, 2.45) is 5.92 Å². The molecule has 162 valence electrons. The molecule has 1 saturated heterocycles. The van der Waals surface area contributed by atoms with Crippen molar-refractivity contribution in [3.8, 4) is 0 Å². The number of nitrogens with zero attached hydrogens (tertiary/aromatic N) is 1. The van der Waals surface area contributed by atoms with Gasteiger partial charge >= 0.3 is 0 Å². The average Bonchev–Trinajstić information content (AvgIpc) is 2.75. The van der Waals surface area contributed by atoms with Gasteiger partial charge in [-0.1, -0.05) is 41.9 Å². The molecule has 1 fully saturated rings. The van der Waals surface area contributed by atoms with Crippen molar-refractivity contribution >= 4 is 27.5 Å². The number of piperidine rings is 1. The Morgan fingerprint density at radius 3 is 2.50 bits per heavy atom. The van der Waals surface area contributed by atoms with Crippen LogP contribution in [0.1, 0.15) is 31.7 Å². The summed E-state index contributed by atoms with van der Waals surface area (Å²) in [6.45, 7) is 2.47. The second-order valence-electron chi connectivity index (χ2n) is 7.69. The fourth-order valence-electron chi connectivity index (χ4n) is 3.61. The van der Waals surface area contributed by atoms with Gasteiger partial charge in [-0.3, -0.25) is 4.79 Å². The number of carbonyl (C=O) groups excluding carboxylic acids is 1. The van der Waals surface area contributed by atoms with Gasteiger partial charge in [0.25, 0.3) is 0 Å². The van der Waals surface area contributed by atoms with Crippen molar-refractivity contribution in [2.45, 2.75) is 43.5 Å². The SMILES string of the molecule is CC(CCc1ccccc1)NC(=O)C1CCN(S(=O)(=O)c2ccc(F)c(Cl)c2)CC1. The van der Waals surface area contributed by atoms with Crippen LogP contribution in [0, 0.1) is 11.7 Å². The number of hydrogen-bond acceptors (Lipinski definition) is 3. The van der Waals surface area contributed by atoms with Crippen molar-refractivity contribution in [1.82, 2.24) is 9.62 Å². The highest BCUT2D eigenvalue weighted by atomic mass is 35.5. The highest BCUT2D eigenvalue weighted by Crippen LogP contribution is 2.26. The Kier molecular flexibility index (Phi) is 7.50. The van der Waals surface area contributed by atoms with E-state index in [-0.39, 0.29) is 40.9 Å². The van der Waals surface area contributed by atoms with Crippen LogP contribution in [0.3, 0.4) is 0 Å². The lowest BCUT2D eigenvalue weighted by atomic mass is 9.96. The molecule has 5 nitrogen and oxygen atoms in total. The summed E-state index contributed by atoms with van der Waals surface area (Å²) in [5, 5.41) is 2.83. The van der Waals surface area contributed by atoms with E-state index in [4.69, 9.17) is 11.6 Å². The van der Waals surface area contributed by atoms with Crippen molar-refractivity contribution < 1.29 is 17.6 Å². The van der Waals surface area contributed by atoms with E-state index in [9.17, 15) is 17.6 Å². The second kappa shape index (κ2) is 9.90. The zero-order valence-corrected chi connectivity index (χ0v) is 18.4. The van der Waals surface area contributed by atoms with E-state index in [1.165, 1.54) is 15.9 Å². The summed E-state index contributed by atoms with van der Waals surface area (Å²) in [6, 6.07) is 13.5. The van der Waals surface area contributed by atoms with Crippen molar-refractivity contribution in [1.29, 1.82) is 0 Å². The lowest BCUT2D eigenvalue weighted by molar-refractivity contribution is -0.126. The molecule has 1 N–H and O–H groups in total. The van der Waals surface area contributed by atoms with Crippen LogP contribution in [-0.4, -0.2) is 37.8 Å². The number of amides is 1. The highest BCUT2D eigenvalue weighted by molar-refractivity contribution is 7.89. The Bertz CT molecular complexity index is 977. The van der Waals surface area contributed by atoms with Crippen LogP contribution in [0.15, 0.2) is 53.4 Å². The minimum absolute atomic E-state index is 0.0302. The van der Waals surface area contributed by atoms with E-state index in [1.54, 1.807) is 0 Å². The molecule has 0 aliphatic carbocycles. The monoisotopic (exact) mass is 452 g/mol. The lowest BCUT2D eigenvalue weighted by Crippen LogP contribution is -2.44. The van der Waals surface area contributed by atoms with Crippen molar-refractivity contribution in [3.05, 3.63) is 64.9 Å². The van der Waals surface area contributed by atoms with Crippen molar-refractivity contribution in [3.63, 3.8) is 0 Å². The first kappa shape index (κ1) is 22.7. The third-order valence-electron chi connectivity index (χ3n) is 5.45. The van der Waals surface area contributed by atoms with E-state index in [0.717, 1.165) is 25.0 Å². The van der Waals surface area contributed by atoms with E-state index in [1.807, 2.05) is 25.1 Å². The van der Waals surface area contributed by atoms with Gasteiger partial charge in [0.15, 0.2) is 0 Å². The predicted molar refractivity (Wildman–Crippen MR) is 115 cm³/mol. The maximum atomic E-state index is 13.3.